The van der Waals surface area contributed by atoms with Crippen molar-refractivity contribution < 1.29 is 14.0 Å². The van der Waals surface area contributed by atoms with Gasteiger partial charge >= 0.3 is 0 Å². The van der Waals surface area contributed by atoms with Gasteiger partial charge in [-0.25, -0.2) is 0 Å². The highest BCUT2D eigenvalue weighted by molar-refractivity contribution is 6.34. The Morgan fingerprint density at radius 2 is 2.27 bits per heavy atom. The first kappa shape index (κ1) is 13.4. The largest absolute Gasteiger partial charge is 0.481 e. The Hall–Kier alpha value is -0.176. The third-order valence-electron chi connectivity index (χ3n) is 0.803. The number of aliphatic carboxylic acids is 1. The minimum Gasteiger partial charge on any atom is -0.481 e. The van der Waals surface area contributed by atoms with Crippen LogP contribution in [0.4, 0.5) is 0 Å². The van der Waals surface area contributed by atoms with Crippen LogP contribution >= 0.6 is 0 Å². The van der Waals surface area contributed by atoms with Crippen LogP contribution in [0.5, 0.6) is 0 Å². The van der Waals surface area contributed by atoms with Gasteiger partial charge in [-0.1, -0.05) is 0 Å². The molecule has 4 nitrogen and oxygen atoms in total. The molecule has 0 fully saturated rings. The van der Waals surface area contributed by atoms with E-state index in [0.717, 1.165) is 30.4 Å². The molecule has 0 radical (unpaired) electrons. The van der Waals surface area contributed by atoms with Crippen molar-refractivity contribution in [3.05, 3.63) is 0 Å². The Bertz CT molecular complexity index is 83.8. The summed E-state index contributed by atoms with van der Waals surface area (Å²) in [6, 6.07) is 1.26. The summed E-state index contributed by atoms with van der Waals surface area (Å²) in [6.07, 6.45) is 1.16. The molecule has 0 aromatic heterocycles. The molecule has 0 saturated carbocycles. The third-order valence-corrected chi connectivity index (χ3v) is 3.22. The highest BCUT2D eigenvalue weighted by atomic mass is 28.3. The van der Waals surface area contributed by atoms with E-state index >= 15 is 0 Å². The lowest BCUT2D eigenvalue weighted by atomic mass is 10.5. The number of carboxylic acids is 1. The summed E-state index contributed by atoms with van der Waals surface area (Å²) in [7, 11) is 0.819. The topological polar surface area (TPSA) is 72.5 Å². The molecule has 0 aliphatic heterocycles. The van der Waals surface area contributed by atoms with Crippen LogP contribution in [0.2, 0.25) is 6.04 Å². The van der Waals surface area contributed by atoms with Crippen LogP contribution in [-0.2, 0) is 8.91 Å². The molecule has 6 heteroatoms. The summed E-state index contributed by atoms with van der Waals surface area (Å²) < 4.78 is 5.07. The standard InChI is InChI=1S/C3H13NOSi2.C2H4O2/c4-2-1-3-7-5-6;1-2(3)4/h1-4,7H2,6H3;1H3,(H,3,4). The summed E-state index contributed by atoms with van der Waals surface area (Å²) in [6.45, 7) is 1.91. The molecule has 0 bridgehead atoms. The van der Waals surface area contributed by atoms with Crippen molar-refractivity contribution in [2.45, 2.75) is 19.4 Å². The Labute approximate surface area is 72.6 Å². The van der Waals surface area contributed by atoms with Crippen LogP contribution in [0.1, 0.15) is 13.3 Å². The van der Waals surface area contributed by atoms with Crippen molar-refractivity contribution in [2.24, 2.45) is 5.73 Å². The second kappa shape index (κ2) is 12.5. The fourth-order valence-electron chi connectivity index (χ4n) is 0.391. The number of carboxylic acid groups (broad SMARTS) is 1. The summed E-state index contributed by atoms with van der Waals surface area (Å²) in [5.41, 5.74) is 5.25. The van der Waals surface area contributed by atoms with E-state index in [9.17, 15) is 0 Å². The first-order valence-electron chi connectivity index (χ1n) is 3.53. The predicted octanol–water partition coefficient (Wildman–Crippen LogP) is -1.77. The lowest BCUT2D eigenvalue weighted by molar-refractivity contribution is -0.134. The van der Waals surface area contributed by atoms with Crippen molar-refractivity contribution in [1.29, 1.82) is 0 Å². The molecule has 0 aromatic rings. The maximum atomic E-state index is 9.00. The molecule has 0 heterocycles. The SMILES string of the molecule is CC(=O)O.NCCC[SiH2]O[SiH3]. The summed E-state index contributed by atoms with van der Waals surface area (Å²) in [4.78, 5) is 9.00. The van der Waals surface area contributed by atoms with E-state index in [4.69, 9.17) is 19.7 Å². The molecule has 68 valence electrons. The first-order chi connectivity index (χ1) is 5.15. The lowest BCUT2D eigenvalue weighted by Crippen LogP contribution is -2.01. The summed E-state index contributed by atoms with van der Waals surface area (Å²) in [5, 5.41) is 7.42. The van der Waals surface area contributed by atoms with Gasteiger partial charge in [-0.2, -0.15) is 0 Å². The van der Waals surface area contributed by atoms with E-state index in [1.807, 2.05) is 0 Å². The minimum absolute atomic E-state index is 0.108. The molecule has 0 aliphatic carbocycles. The summed E-state index contributed by atoms with van der Waals surface area (Å²) in [5.74, 6) is -0.833. The number of carbonyl (C=O) groups is 1. The maximum absolute atomic E-state index is 9.00. The predicted molar refractivity (Wildman–Crippen MR) is 51.4 cm³/mol. The van der Waals surface area contributed by atoms with Gasteiger partial charge in [0.1, 0.15) is 20.2 Å². The van der Waals surface area contributed by atoms with Gasteiger partial charge in [-0.15, -0.1) is 0 Å². The van der Waals surface area contributed by atoms with E-state index in [1.165, 1.54) is 6.04 Å². The average molecular weight is 195 g/mol. The Balaban J connectivity index is 0. The molecule has 0 spiro atoms. The number of nitrogens with two attached hydrogens (primary N) is 1. The van der Waals surface area contributed by atoms with Crippen molar-refractivity contribution in [3.63, 3.8) is 0 Å². The third kappa shape index (κ3) is 41.1. The van der Waals surface area contributed by atoms with Gasteiger partial charge < -0.3 is 15.0 Å². The Kier molecular flexibility index (Phi) is 15.2. The first-order valence-corrected chi connectivity index (χ1v) is 5.93. The molecule has 0 unspecified atom stereocenters. The van der Waals surface area contributed by atoms with Crippen LogP contribution in [0.15, 0.2) is 0 Å². The van der Waals surface area contributed by atoms with Gasteiger partial charge in [-0.05, 0) is 19.0 Å². The molecule has 0 atom stereocenters. The molecule has 0 aliphatic rings. The molecule has 11 heavy (non-hydrogen) atoms. The number of hydrogen-bond acceptors (Lipinski definition) is 3. The van der Waals surface area contributed by atoms with Crippen LogP contribution in [0, 0.1) is 0 Å². The van der Waals surface area contributed by atoms with Crippen LogP contribution < -0.4 is 5.73 Å². The zero-order valence-electron chi connectivity index (χ0n) is 7.17. The normalized spacial score (nSPS) is 9.64. The average Bonchev–Trinajstić information content (AvgIpc) is 1.88. The fourth-order valence-corrected chi connectivity index (χ4v) is 2.04. The monoisotopic (exact) mass is 195 g/mol. The van der Waals surface area contributed by atoms with Crippen LogP contribution in [0.3, 0.4) is 0 Å². The minimum atomic E-state index is -0.833. The van der Waals surface area contributed by atoms with Gasteiger partial charge in [0.25, 0.3) is 5.97 Å². The van der Waals surface area contributed by atoms with Crippen LogP contribution in [-0.4, -0.2) is 37.9 Å². The van der Waals surface area contributed by atoms with E-state index in [2.05, 4.69) is 0 Å². The fraction of sp³-hybridized carbons (Fsp3) is 0.800. The van der Waals surface area contributed by atoms with Crippen molar-refractivity contribution in [2.75, 3.05) is 6.54 Å². The molecule has 0 aromatic carbocycles. The number of hydrogen-bond donors (Lipinski definition) is 2. The van der Waals surface area contributed by atoms with Crippen LogP contribution in [0.25, 0.3) is 0 Å². The Morgan fingerprint density at radius 3 is 2.55 bits per heavy atom. The van der Waals surface area contributed by atoms with Gasteiger partial charge in [0.05, 0.1) is 0 Å². The van der Waals surface area contributed by atoms with E-state index in [-0.39, 0.29) is 9.76 Å². The molecule has 0 saturated heterocycles. The summed E-state index contributed by atoms with van der Waals surface area (Å²) >= 11 is 0. The molecular weight excluding hydrogens is 178 g/mol. The van der Waals surface area contributed by atoms with Gasteiger partial charge in [0, 0.05) is 6.92 Å². The molecule has 0 amide bonds. The maximum Gasteiger partial charge on any atom is 0.300 e. The Morgan fingerprint density at radius 1 is 1.82 bits per heavy atom. The zero-order chi connectivity index (χ0) is 9.11. The van der Waals surface area contributed by atoms with Crippen molar-refractivity contribution >= 4 is 26.2 Å². The second-order valence-corrected chi connectivity index (χ2v) is 5.43. The van der Waals surface area contributed by atoms with E-state index in [0.29, 0.717) is 0 Å². The van der Waals surface area contributed by atoms with Crippen molar-refractivity contribution in [1.82, 2.24) is 0 Å². The molecular formula is C5H17NO3Si2. The smallest absolute Gasteiger partial charge is 0.300 e. The second-order valence-electron chi connectivity index (χ2n) is 2.01. The number of rotatable bonds is 4. The highest BCUT2D eigenvalue weighted by Crippen LogP contribution is 1.82. The van der Waals surface area contributed by atoms with E-state index in [1.54, 1.807) is 0 Å². The van der Waals surface area contributed by atoms with E-state index < -0.39 is 5.97 Å². The molecule has 0 rings (SSSR count). The van der Waals surface area contributed by atoms with Gasteiger partial charge in [0.2, 0.25) is 0 Å². The quantitative estimate of drug-likeness (QED) is 0.411. The van der Waals surface area contributed by atoms with Gasteiger partial charge in [0.15, 0.2) is 0 Å². The van der Waals surface area contributed by atoms with Gasteiger partial charge in [-0.3, -0.25) is 4.79 Å². The molecule has 3 N–H and O–H groups in total. The highest BCUT2D eigenvalue weighted by Gasteiger charge is 1.81. The lowest BCUT2D eigenvalue weighted by Gasteiger charge is -1.92. The van der Waals surface area contributed by atoms with Crippen molar-refractivity contribution in [3.8, 4) is 0 Å². The zero-order valence-corrected chi connectivity index (χ0v) is 10.6.